The highest BCUT2D eigenvalue weighted by molar-refractivity contribution is 8.04. The Balaban J connectivity index is 0.000000231. The van der Waals surface area contributed by atoms with Crippen LogP contribution in [0.4, 0.5) is 42.3 Å². The molecule has 0 aliphatic rings. The Kier molecular flexibility index (Phi) is 11.3. The molecule has 22 heteroatoms. The standard InChI is InChI=1S/C16H15FN6O4S.C12H5FN6O2S/c1-16(2,3)27-15(24)21-10-5-4-9(17)6-11(10)20-14-19-7-12(23(25)26)13(22-14)28-8-18;13-7-1-2-8-9(3-7)18(6-16-8)12-15-4-10(19(20)21)11(17-12)22-5-14/h4-7H,1-3H3,(H,21,24)(H,19,20,22);1-4,6H. The lowest BCUT2D eigenvalue weighted by Gasteiger charge is -2.20. The van der Waals surface area contributed by atoms with Crippen molar-refractivity contribution in [2.24, 2.45) is 0 Å². The number of anilines is 3. The summed E-state index contributed by atoms with van der Waals surface area (Å²) in [6, 6.07) is 7.53. The highest BCUT2D eigenvalue weighted by Gasteiger charge is 2.21. The van der Waals surface area contributed by atoms with E-state index in [1.54, 1.807) is 31.6 Å². The van der Waals surface area contributed by atoms with E-state index in [1.165, 1.54) is 35.2 Å². The van der Waals surface area contributed by atoms with Crippen molar-refractivity contribution >= 4 is 69.3 Å². The molecule has 0 atom stereocenters. The van der Waals surface area contributed by atoms with Crippen LogP contribution in [0.15, 0.2) is 65.2 Å². The van der Waals surface area contributed by atoms with Crippen LogP contribution >= 0.6 is 23.5 Å². The van der Waals surface area contributed by atoms with Crippen LogP contribution in [0.1, 0.15) is 20.8 Å². The SMILES string of the molecule is CC(C)(C)OC(=O)Nc1ccc(F)cc1Nc1ncc([N+](=O)[O-])c(SC#N)n1.N#CSc1nc(-n2cnc3ccc(F)cc32)ncc1[N+](=O)[O-]. The first kappa shape index (κ1) is 36.3. The van der Waals surface area contributed by atoms with Crippen molar-refractivity contribution < 1.29 is 28.2 Å². The van der Waals surface area contributed by atoms with Gasteiger partial charge in [-0.15, -0.1) is 0 Å². The third kappa shape index (κ3) is 9.30. The maximum Gasteiger partial charge on any atom is 0.412 e. The summed E-state index contributed by atoms with van der Waals surface area (Å²) in [7, 11) is 0. The van der Waals surface area contributed by atoms with Crippen molar-refractivity contribution in [1.82, 2.24) is 29.5 Å². The molecule has 1 amide bonds. The Labute approximate surface area is 287 Å². The van der Waals surface area contributed by atoms with E-state index in [0.717, 1.165) is 24.5 Å². The van der Waals surface area contributed by atoms with E-state index in [4.69, 9.17) is 15.3 Å². The Morgan fingerprint density at radius 2 is 1.50 bits per heavy atom. The van der Waals surface area contributed by atoms with Crippen LogP contribution in [0.5, 0.6) is 0 Å². The fourth-order valence-electron chi connectivity index (χ4n) is 3.78. The van der Waals surface area contributed by atoms with E-state index in [-0.39, 0.29) is 39.0 Å². The number of nitriles is 2. The number of imidazole rings is 1. The van der Waals surface area contributed by atoms with Gasteiger partial charge >= 0.3 is 17.5 Å². The number of thiocyanates is 2. The third-order valence-electron chi connectivity index (χ3n) is 5.73. The minimum absolute atomic E-state index is 0.0662. The average molecular weight is 723 g/mol. The average Bonchev–Trinajstić information content (AvgIpc) is 3.45. The number of benzene rings is 2. The maximum absolute atomic E-state index is 13.7. The van der Waals surface area contributed by atoms with E-state index in [9.17, 15) is 33.8 Å². The zero-order chi connectivity index (χ0) is 36.6. The lowest BCUT2D eigenvalue weighted by atomic mass is 10.2. The topological polar surface area (TPSA) is 254 Å². The predicted octanol–water partition coefficient (Wildman–Crippen LogP) is 6.62. The zero-order valence-electron chi connectivity index (χ0n) is 25.7. The van der Waals surface area contributed by atoms with Gasteiger partial charge in [0.15, 0.2) is 10.1 Å². The number of nitrogens with zero attached hydrogens (tertiary/aromatic N) is 10. The lowest BCUT2D eigenvalue weighted by Crippen LogP contribution is -2.27. The molecule has 50 heavy (non-hydrogen) atoms. The van der Waals surface area contributed by atoms with Crippen LogP contribution in [0, 0.1) is 53.2 Å². The van der Waals surface area contributed by atoms with Crippen LogP contribution in [-0.4, -0.2) is 51.0 Å². The van der Waals surface area contributed by atoms with E-state index < -0.39 is 38.9 Å². The fourth-order valence-corrected chi connectivity index (χ4v) is 4.67. The summed E-state index contributed by atoms with van der Waals surface area (Å²) in [4.78, 5) is 52.1. The first-order chi connectivity index (χ1) is 23.7. The molecule has 0 spiro atoms. The Morgan fingerprint density at radius 3 is 2.12 bits per heavy atom. The van der Waals surface area contributed by atoms with Crippen LogP contribution in [0.3, 0.4) is 0 Å². The first-order valence-electron chi connectivity index (χ1n) is 13.5. The molecule has 0 aliphatic heterocycles. The second kappa shape index (κ2) is 15.6. The monoisotopic (exact) mass is 722 g/mol. The van der Waals surface area contributed by atoms with Gasteiger partial charge in [0.1, 0.15) is 46.8 Å². The van der Waals surface area contributed by atoms with E-state index in [0.29, 0.717) is 34.6 Å². The molecule has 0 radical (unpaired) electrons. The third-order valence-corrected chi connectivity index (χ3v) is 6.90. The van der Waals surface area contributed by atoms with Gasteiger partial charge in [0, 0.05) is 29.6 Å². The number of hydrogen-bond donors (Lipinski definition) is 2. The van der Waals surface area contributed by atoms with Crippen LogP contribution < -0.4 is 10.6 Å². The number of aromatic nitrogens is 6. The van der Waals surface area contributed by atoms with Gasteiger partial charge in [-0.25, -0.2) is 28.5 Å². The summed E-state index contributed by atoms with van der Waals surface area (Å²) in [5, 5.41) is 47.7. The molecule has 2 aromatic carbocycles. The van der Waals surface area contributed by atoms with Crippen molar-refractivity contribution in [1.29, 1.82) is 10.5 Å². The number of carbonyl (C=O) groups excluding carboxylic acids is 1. The van der Waals surface area contributed by atoms with Crippen LogP contribution in [0.2, 0.25) is 0 Å². The molecule has 18 nitrogen and oxygen atoms in total. The van der Waals surface area contributed by atoms with Crippen molar-refractivity contribution in [3.63, 3.8) is 0 Å². The maximum atomic E-state index is 13.7. The molecular weight excluding hydrogens is 703 g/mol. The molecule has 2 N–H and O–H groups in total. The molecule has 0 saturated heterocycles. The number of halogens is 2. The number of nitro groups is 2. The minimum Gasteiger partial charge on any atom is -0.444 e. The summed E-state index contributed by atoms with van der Waals surface area (Å²) >= 11 is 1.04. The van der Waals surface area contributed by atoms with E-state index >= 15 is 0 Å². The predicted molar refractivity (Wildman–Crippen MR) is 174 cm³/mol. The van der Waals surface area contributed by atoms with Crippen LogP contribution in [-0.2, 0) is 4.74 Å². The van der Waals surface area contributed by atoms with Crippen LogP contribution in [0.25, 0.3) is 17.0 Å². The summed E-state index contributed by atoms with van der Waals surface area (Å²) in [6.45, 7) is 5.07. The lowest BCUT2D eigenvalue weighted by molar-refractivity contribution is -0.388. The second-order valence-electron chi connectivity index (χ2n) is 10.3. The summed E-state index contributed by atoms with van der Waals surface area (Å²) in [5.74, 6) is -1.12. The van der Waals surface area contributed by atoms with Crippen molar-refractivity contribution in [2.45, 2.75) is 36.4 Å². The summed E-state index contributed by atoms with van der Waals surface area (Å²) < 4.78 is 33.6. The van der Waals surface area contributed by atoms with Crippen molar-refractivity contribution in [3.05, 3.63) is 87.0 Å². The second-order valence-corrected chi connectivity index (χ2v) is 11.9. The van der Waals surface area contributed by atoms with E-state index in [1.807, 2.05) is 0 Å². The van der Waals surface area contributed by atoms with Gasteiger partial charge in [0.05, 0.1) is 32.3 Å². The summed E-state index contributed by atoms with van der Waals surface area (Å²) in [5.41, 5.74) is -0.337. The van der Waals surface area contributed by atoms with Gasteiger partial charge in [-0.3, -0.25) is 30.1 Å². The van der Waals surface area contributed by atoms with Crippen molar-refractivity contribution in [2.75, 3.05) is 10.6 Å². The molecule has 0 aliphatic carbocycles. The van der Waals surface area contributed by atoms with Gasteiger partial charge in [-0.05, 0) is 51.1 Å². The number of fused-ring (bicyclic) bond motifs is 1. The molecule has 254 valence electrons. The fraction of sp³-hybridized carbons (Fsp3) is 0.143. The zero-order valence-corrected chi connectivity index (χ0v) is 27.3. The highest BCUT2D eigenvalue weighted by Crippen LogP contribution is 2.30. The molecule has 3 aromatic heterocycles. The molecule has 3 heterocycles. The van der Waals surface area contributed by atoms with E-state index in [2.05, 4.69) is 35.6 Å². The van der Waals surface area contributed by atoms with Crippen molar-refractivity contribution in [3.8, 4) is 16.8 Å². The first-order valence-corrected chi connectivity index (χ1v) is 15.2. The molecule has 0 saturated carbocycles. The number of ether oxygens (including phenoxy) is 1. The Hall–Kier alpha value is -6.52. The normalized spacial score (nSPS) is 10.6. The number of amides is 1. The molecule has 5 rings (SSSR count). The number of hydrogen-bond acceptors (Lipinski definition) is 16. The number of thioether (sulfide) groups is 2. The molecule has 0 fully saturated rings. The quantitative estimate of drug-likeness (QED) is 0.0560. The van der Waals surface area contributed by atoms with Gasteiger partial charge in [0.2, 0.25) is 11.9 Å². The van der Waals surface area contributed by atoms with Gasteiger partial charge in [0.25, 0.3) is 0 Å². The van der Waals surface area contributed by atoms with Gasteiger partial charge < -0.3 is 10.1 Å². The van der Waals surface area contributed by atoms with Gasteiger partial charge in [-0.2, -0.15) is 20.5 Å². The number of nitrogens with one attached hydrogen (secondary N) is 2. The Bertz CT molecular complexity index is 2200. The molecule has 5 aromatic rings. The minimum atomic E-state index is -0.757. The largest absolute Gasteiger partial charge is 0.444 e. The molecule has 0 bridgehead atoms. The molecular formula is C28H20F2N12O6S2. The van der Waals surface area contributed by atoms with Gasteiger partial charge in [-0.1, -0.05) is 0 Å². The number of rotatable bonds is 8. The smallest absolute Gasteiger partial charge is 0.412 e. The Morgan fingerprint density at radius 1 is 0.900 bits per heavy atom. The summed E-state index contributed by atoms with van der Waals surface area (Å²) in [6.07, 6.45) is 2.56. The number of carbonyl (C=O) groups is 1. The highest BCUT2D eigenvalue weighted by atomic mass is 32.2. The molecule has 0 unspecified atom stereocenters.